The Morgan fingerprint density at radius 3 is 2.10 bits per heavy atom. The number of nitrogens with zero attached hydrogens (tertiary/aromatic N) is 2. The molecule has 5 unspecified atom stereocenters. The van der Waals surface area contributed by atoms with Crippen LogP contribution in [0.3, 0.4) is 0 Å². The van der Waals surface area contributed by atoms with Gasteiger partial charge in [-0.1, -0.05) is 86.6 Å². The van der Waals surface area contributed by atoms with Crippen molar-refractivity contribution in [3.8, 4) is 0 Å². The Morgan fingerprint density at radius 2 is 1.62 bits per heavy atom. The molecule has 1 saturated carbocycles. The van der Waals surface area contributed by atoms with Crippen LogP contribution in [0.1, 0.15) is 94.4 Å². The van der Waals surface area contributed by atoms with E-state index in [1.165, 1.54) is 13.3 Å². The highest BCUT2D eigenvalue weighted by Gasteiger charge is 2.44. The average molecular weight is 582 g/mol. The molecule has 0 bridgehead atoms. The van der Waals surface area contributed by atoms with Crippen molar-refractivity contribution < 1.29 is 19.2 Å². The van der Waals surface area contributed by atoms with Crippen LogP contribution in [0.2, 0.25) is 0 Å². The van der Waals surface area contributed by atoms with Gasteiger partial charge in [0.1, 0.15) is 12.1 Å². The van der Waals surface area contributed by atoms with Crippen LogP contribution in [0.4, 0.5) is 4.79 Å². The van der Waals surface area contributed by atoms with Gasteiger partial charge in [-0.05, 0) is 49.5 Å². The summed E-state index contributed by atoms with van der Waals surface area (Å²) in [4.78, 5) is 54.7. The standard InChI is InChI=1S/C30H55N5O4S/c1-11-40-34(10)18-24(29(4,5)6)32-28(39)33-25(30(7,8)9)27(38)35-17-19(2)15-23(35)26(37)31-22(20(3)36)16-21-13-12-14-21/h19,21-25H,11-18H2,1-10H3,(H,31,37)(H2,32,33,39). The Morgan fingerprint density at radius 1 is 1.00 bits per heavy atom. The largest absolute Gasteiger partial charge is 0.345 e. The van der Waals surface area contributed by atoms with Crippen LogP contribution in [0.5, 0.6) is 0 Å². The molecule has 1 aliphatic carbocycles. The smallest absolute Gasteiger partial charge is 0.315 e. The van der Waals surface area contributed by atoms with Crippen LogP contribution >= 0.6 is 11.9 Å². The third-order valence-corrected chi connectivity index (χ3v) is 9.07. The Hall–Kier alpha value is -1.81. The Bertz CT molecular complexity index is 896. The molecule has 1 heterocycles. The fraction of sp³-hybridized carbons (Fsp3) is 0.867. The molecule has 5 atom stereocenters. The van der Waals surface area contributed by atoms with E-state index in [9.17, 15) is 19.2 Å². The second-order valence-corrected chi connectivity index (χ2v) is 15.6. The maximum atomic E-state index is 14.0. The van der Waals surface area contributed by atoms with Gasteiger partial charge in [0.15, 0.2) is 5.78 Å². The van der Waals surface area contributed by atoms with E-state index in [0.29, 0.717) is 31.8 Å². The van der Waals surface area contributed by atoms with Gasteiger partial charge in [-0.3, -0.25) is 18.7 Å². The summed E-state index contributed by atoms with van der Waals surface area (Å²) in [5, 5.41) is 9.04. The number of rotatable bonds is 12. The van der Waals surface area contributed by atoms with Crippen molar-refractivity contribution in [3.63, 3.8) is 0 Å². The Kier molecular flexibility index (Phi) is 12.4. The minimum Gasteiger partial charge on any atom is -0.345 e. The van der Waals surface area contributed by atoms with E-state index in [4.69, 9.17) is 0 Å². The number of hydrogen-bond donors (Lipinski definition) is 3. The van der Waals surface area contributed by atoms with Gasteiger partial charge in [0.05, 0.1) is 6.04 Å². The first-order valence-electron chi connectivity index (χ1n) is 15.0. The number of likely N-dealkylation sites (N-methyl/N-ethyl adjacent to an activating group) is 1. The highest BCUT2D eigenvalue weighted by molar-refractivity contribution is 7.96. The van der Waals surface area contributed by atoms with Gasteiger partial charge in [0.25, 0.3) is 0 Å². The first-order valence-corrected chi connectivity index (χ1v) is 15.9. The van der Waals surface area contributed by atoms with Gasteiger partial charge >= 0.3 is 6.03 Å². The molecule has 40 heavy (non-hydrogen) atoms. The second-order valence-electron chi connectivity index (χ2n) is 14.1. The molecule has 1 saturated heterocycles. The molecule has 0 aromatic carbocycles. The number of likely N-dealkylation sites (tertiary alicyclic amines) is 1. The summed E-state index contributed by atoms with van der Waals surface area (Å²) in [6.07, 6.45) is 4.54. The quantitative estimate of drug-likeness (QED) is 0.298. The molecule has 1 aliphatic heterocycles. The number of Topliss-reactive ketones (excluding diaryl/α,β-unsaturated/α-hetero) is 1. The summed E-state index contributed by atoms with van der Waals surface area (Å²) < 4.78 is 2.12. The third-order valence-electron chi connectivity index (χ3n) is 8.23. The fourth-order valence-corrected chi connectivity index (χ4v) is 6.10. The summed E-state index contributed by atoms with van der Waals surface area (Å²) in [5.74, 6) is 0.950. The molecule has 0 aromatic rings. The van der Waals surface area contributed by atoms with Gasteiger partial charge in [0.2, 0.25) is 11.8 Å². The molecule has 230 valence electrons. The third kappa shape index (κ3) is 9.93. The first-order chi connectivity index (χ1) is 18.4. The molecule has 2 fully saturated rings. The minimum absolute atomic E-state index is 0.0496. The van der Waals surface area contributed by atoms with Crippen LogP contribution in [0.15, 0.2) is 0 Å². The molecule has 10 heteroatoms. The molecular weight excluding hydrogens is 526 g/mol. The van der Waals surface area contributed by atoms with E-state index in [1.54, 1.807) is 16.8 Å². The molecule has 2 rings (SSSR count). The molecule has 0 spiro atoms. The SMILES string of the molecule is CCSN(C)CC(NC(=O)NC(C(=O)N1CC(C)CC1C(=O)NC(CC1CCC1)C(C)=O)C(C)(C)C)C(C)(C)C. The van der Waals surface area contributed by atoms with Crippen molar-refractivity contribution in [2.45, 2.75) is 119 Å². The summed E-state index contributed by atoms with van der Waals surface area (Å²) in [5.41, 5.74) is -0.777. The zero-order valence-corrected chi connectivity index (χ0v) is 27.4. The molecular formula is C30H55N5O4S. The number of urea groups is 1. The zero-order chi connectivity index (χ0) is 30.4. The van der Waals surface area contributed by atoms with Gasteiger partial charge in [-0.25, -0.2) is 4.79 Å². The van der Waals surface area contributed by atoms with E-state index in [0.717, 1.165) is 18.6 Å². The van der Waals surface area contributed by atoms with Crippen molar-refractivity contribution in [2.75, 3.05) is 25.9 Å². The lowest BCUT2D eigenvalue weighted by atomic mass is 9.80. The van der Waals surface area contributed by atoms with E-state index in [-0.39, 0.29) is 35.0 Å². The summed E-state index contributed by atoms with van der Waals surface area (Å²) >= 11 is 1.70. The van der Waals surface area contributed by atoms with Crippen molar-refractivity contribution in [1.29, 1.82) is 0 Å². The molecule has 0 radical (unpaired) electrons. The molecule has 0 aromatic heterocycles. The topological polar surface area (TPSA) is 111 Å². The van der Waals surface area contributed by atoms with Crippen molar-refractivity contribution in [2.24, 2.45) is 22.7 Å². The minimum atomic E-state index is -0.824. The van der Waals surface area contributed by atoms with Gasteiger partial charge in [0, 0.05) is 24.9 Å². The maximum Gasteiger partial charge on any atom is 0.315 e. The lowest BCUT2D eigenvalue weighted by molar-refractivity contribution is -0.142. The van der Waals surface area contributed by atoms with Crippen LogP contribution in [-0.4, -0.2) is 82.9 Å². The van der Waals surface area contributed by atoms with Crippen LogP contribution in [0, 0.1) is 22.7 Å². The highest BCUT2D eigenvalue weighted by Crippen LogP contribution is 2.32. The molecule has 2 aliphatic rings. The summed E-state index contributed by atoms with van der Waals surface area (Å²) in [6, 6.07) is -2.55. The van der Waals surface area contributed by atoms with Crippen LogP contribution in [0.25, 0.3) is 0 Å². The summed E-state index contributed by atoms with van der Waals surface area (Å²) in [7, 11) is 2.01. The number of amides is 4. The van der Waals surface area contributed by atoms with E-state index in [1.807, 2.05) is 34.7 Å². The zero-order valence-electron chi connectivity index (χ0n) is 26.6. The number of carbonyl (C=O) groups is 4. The number of carbonyl (C=O) groups excluding carboxylic acids is 4. The predicted octanol–water partition coefficient (Wildman–Crippen LogP) is 4.22. The Balaban J connectivity index is 2.17. The highest BCUT2D eigenvalue weighted by atomic mass is 32.2. The lowest BCUT2D eigenvalue weighted by Crippen LogP contribution is -2.61. The molecule has 4 amide bonds. The summed E-state index contributed by atoms with van der Waals surface area (Å²) in [6.45, 7) is 18.7. The second kappa shape index (κ2) is 14.4. The molecule has 3 N–H and O–H groups in total. The monoisotopic (exact) mass is 581 g/mol. The van der Waals surface area contributed by atoms with Gasteiger partial charge in [-0.2, -0.15) is 0 Å². The predicted molar refractivity (Wildman–Crippen MR) is 163 cm³/mol. The van der Waals surface area contributed by atoms with E-state index in [2.05, 4.69) is 48.0 Å². The number of hydrogen-bond acceptors (Lipinski definition) is 6. The maximum absolute atomic E-state index is 14.0. The Labute approximate surface area is 246 Å². The normalized spacial score (nSPS) is 22.3. The van der Waals surface area contributed by atoms with Crippen LogP contribution < -0.4 is 16.0 Å². The van der Waals surface area contributed by atoms with Crippen molar-refractivity contribution in [3.05, 3.63) is 0 Å². The fourth-order valence-electron chi connectivity index (χ4n) is 5.41. The number of ketones is 1. The van der Waals surface area contributed by atoms with Crippen molar-refractivity contribution >= 4 is 35.6 Å². The van der Waals surface area contributed by atoms with E-state index >= 15 is 0 Å². The van der Waals surface area contributed by atoms with Crippen molar-refractivity contribution in [1.82, 2.24) is 25.2 Å². The first kappa shape index (κ1) is 34.4. The van der Waals surface area contributed by atoms with Crippen LogP contribution in [-0.2, 0) is 14.4 Å². The molecule has 9 nitrogen and oxygen atoms in total. The average Bonchev–Trinajstić information content (AvgIpc) is 3.18. The van der Waals surface area contributed by atoms with E-state index < -0.39 is 29.6 Å². The van der Waals surface area contributed by atoms with Gasteiger partial charge < -0.3 is 20.9 Å². The van der Waals surface area contributed by atoms with Gasteiger partial charge in [-0.15, -0.1) is 0 Å². The lowest BCUT2D eigenvalue weighted by Gasteiger charge is -2.38. The number of nitrogens with one attached hydrogen (secondary N) is 3.